The Kier molecular flexibility index (Phi) is 4.58. The molecule has 0 atom stereocenters. The average molecular weight is 254 g/mol. The van der Waals surface area contributed by atoms with Crippen LogP contribution in [-0.4, -0.2) is 60.4 Å². The third-order valence-electron chi connectivity index (χ3n) is 2.81. The van der Waals surface area contributed by atoms with Crippen molar-refractivity contribution < 1.29 is 19.2 Å². The van der Waals surface area contributed by atoms with Gasteiger partial charge in [-0.3, -0.25) is 14.4 Å². The molecule has 6 nitrogen and oxygen atoms in total. The molecule has 1 fully saturated rings. The maximum absolute atomic E-state index is 11.8. The second-order valence-corrected chi connectivity index (χ2v) is 4.62. The second-order valence-electron chi connectivity index (χ2n) is 4.62. The van der Waals surface area contributed by atoms with Crippen LogP contribution in [0, 0.1) is 5.92 Å². The van der Waals surface area contributed by atoms with Crippen LogP contribution in [0.5, 0.6) is 0 Å². The number of amides is 2. The highest BCUT2D eigenvalue weighted by Gasteiger charge is 2.40. The summed E-state index contributed by atoms with van der Waals surface area (Å²) in [7, 11) is 3.09. The van der Waals surface area contributed by atoms with Gasteiger partial charge in [0.25, 0.3) is 0 Å². The van der Waals surface area contributed by atoms with Crippen LogP contribution < -0.4 is 0 Å². The van der Waals surface area contributed by atoms with Crippen LogP contribution in [0.2, 0.25) is 0 Å². The molecule has 0 N–H and O–H groups in total. The highest BCUT2D eigenvalue weighted by Crippen LogP contribution is 2.15. The van der Waals surface area contributed by atoms with Gasteiger partial charge in [-0.1, -0.05) is 6.92 Å². The van der Waals surface area contributed by atoms with E-state index in [0.29, 0.717) is 6.42 Å². The predicted octanol–water partition coefficient (Wildman–Crippen LogP) is 0.107. The summed E-state index contributed by atoms with van der Waals surface area (Å²) in [5, 5.41) is 0. The van der Waals surface area contributed by atoms with Gasteiger partial charge in [0.05, 0.1) is 13.1 Å². The summed E-state index contributed by atoms with van der Waals surface area (Å²) in [5.74, 6) is -2.43. The third-order valence-corrected chi connectivity index (χ3v) is 2.81. The van der Waals surface area contributed by atoms with Gasteiger partial charge in [-0.25, -0.2) is 4.79 Å². The zero-order valence-corrected chi connectivity index (χ0v) is 10.9. The Hall–Kier alpha value is -1.72. The minimum Gasteiger partial charge on any atom is -0.331 e. The van der Waals surface area contributed by atoms with E-state index in [-0.39, 0.29) is 25.3 Å². The lowest BCUT2D eigenvalue weighted by Crippen LogP contribution is -2.54. The monoisotopic (exact) mass is 254 g/mol. The minimum absolute atomic E-state index is 0.164. The van der Waals surface area contributed by atoms with E-state index in [4.69, 9.17) is 0 Å². The standard InChI is InChI=1S/C12H18N2O4/c1-4-5-8(15)11-9(16)6-14(7-10(11)17)12(18)13(2)3/h11H,4-7H2,1-3H3. The Morgan fingerprint density at radius 2 is 1.72 bits per heavy atom. The molecule has 0 aliphatic carbocycles. The number of Topliss-reactive ketones (excluding diaryl/α,β-unsaturated/α-hetero) is 3. The molecular formula is C12H18N2O4. The summed E-state index contributed by atoms with van der Waals surface area (Å²) in [6.07, 6.45) is 0.833. The number of rotatable bonds is 3. The average Bonchev–Trinajstić information content (AvgIpc) is 2.27. The zero-order chi connectivity index (χ0) is 13.9. The number of carbonyl (C=O) groups excluding carboxylic acids is 4. The maximum atomic E-state index is 11.8. The van der Waals surface area contributed by atoms with Crippen molar-refractivity contribution in [2.75, 3.05) is 27.2 Å². The van der Waals surface area contributed by atoms with Crippen LogP contribution >= 0.6 is 0 Å². The molecule has 0 radical (unpaired) electrons. The van der Waals surface area contributed by atoms with Crippen molar-refractivity contribution >= 4 is 23.4 Å². The Morgan fingerprint density at radius 1 is 1.22 bits per heavy atom. The minimum atomic E-state index is -1.16. The molecule has 1 aliphatic rings. The van der Waals surface area contributed by atoms with Crippen molar-refractivity contribution in [1.82, 2.24) is 9.80 Å². The van der Waals surface area contributed by atoms with Gasteiger partial charge in [-0.05, 0) is 6.42 Å². The van der Waals surface area contributed by atoms with Crippen molar-refractivity contribution in [1.29, 1.82) is 0 Å². The summed E-state index contributed by atoms with van der Waals surface area (Å²) in [6, 6.07) is -0.391. The van der Waals surface area contributed by atoms with Gasteiger partial charge in [-0.15, -0.1) is 0 Å². The van der Waals surface area contributed by atoms with Crippen LogP contribution in [0.4, 0.5) is 4.79 Å². The van der Waals surface area contributed by atoms with Crippen molar-refractivity contribution in [3.05, 3.63) is 0 Å². The van der Waals surface area contributed by atoms with Crippen LogP contribution in [0.3, 0.4) is 0 Å². The number of piperidine rings is 1. The molecule has 0 saturated carbocycles. The molecule has 0 unspecified atom stereocenters. The topological polar surface area (TPSA) is 74.8 Å². The van der Waals surface area contributed by atoms with Crippen LogP contribution in [0.25, 0.3) is 0 Å². The SMILES string of the molecule is CCCC(=O)C1C(=O)CN(C(=O)N(C)C)CC1=O. The molecule has 0 spiro atoms. The van der Waals surface area contributed by atoms with E-state index in [0.717, 1.165) is 0 Å². The lowest BCUT2D eigenvalue weighted by Gasteiger charge is -2.31. The number of likely N-dealkylation sites (tertiary alicyclic amines) is 1. The first-order valence-electron chi connectivity index (χ1n) is 5.92. The molecule has 1 heterocycles. The van der Waals surface area contributed by atoms with Gasteiger partial charge in [0, 0.05) is 20.5 Å². The fraction of sp³-hybridized carbons (Fsp3) is 0.667. The summed E-state index contributed by atoms with van der Waals surface area (Å²) in [5.41, 5.74) is 0. The van der Waals surface area contributed by atoms with Crippen molar-refractivity contribution in [2.24, 2.45) is 5.92 Å². The number of hydrogen-bond acceptors (Lipinski definition) is 4. The number of carbonyl (C=O) groups is 4. The molecule has 0 aromatic carbocycles. The molecule has 2 amide bonds. The van der Waals surface area contributed by atoms with Crippen LogP contribution in [-0.2, 0) is 14.4 Å². The van der Waals surface area contributed by atoms with Crippen molar-refractivity contribution in [3.8, 4) is 0 Å². The fourth-order valence-electron chi connectivity index (χ4n) is 1.96. The quantitative estimate of drug-likeness (QED) is 0.670. The highest BCUT2D eigenvalue weighted by atomic mass is 16.2. The van der Waals surface area contributed by atoms with E-state index in [1.165, 1.54) is 9.80 Å². The molecule has 1 rings (SSSR count). The molecule has 0 aromatic rings. The molecule has 0 bridgehead atoms. The molecule has 0 aromatic heterocycles. The zero-order valence-electron chi connectivity index (χ0n) is 10.9. The van der Waals surface area contributed by atoms with E-state index in [1.54, 1.807) is 14.1 Å². The highest BCUT2D eigenvalue weighted by molar-refractivity contribution is 6.22. The first kappa shape index (κ1) is 14.3. The predicted molar refractivity (Wildman–Crippen MR) is 64.1 cm³/mol. The normalized spacial score (nSPS) is 16.9. The number of ketones is 3. The number of nitrogens with zero attached hydrogens (tertiary/aromatic N) is 2. The van der Waals surface area contributed by atoms with Gasteiger partial charge in [-0.2, -0.15) is 0 Å². The summed E-state index contributed by atoms with van der Waals surface area (Å²) < 4.78 is 0. The van der Waals surface area contributed by atoms with Gasteiger partial charge in [0.1, 0.15) is 5.92 Å². The maximum Gasteiger partial charge on any atom is 0.320 e. The van der Waals surface area contributed by atoms with Crippen molar-refractivity contribution in [2.45, 2.75) is 19.8 Å². The summed E-state index contributed by atoms with van der Waals surface area (Å²) in [4.78, 5) is 49.4. The molecule has 18 heavy (non-hydrogen) atoms. The first-order valence-corrected chi connectivity index (χ1v) is 5.92. The first-order chi connectivity index (χ1) is 8.38. The second kappa shape index (κ2) is 5.75. The lowest BCUT2D eigenvalue weighted by molar-refractivity contribution is -0.143. The molecule has 1 saturated heterocycles. The largest absolute Gasteiger partial charge is 0.331 e. The molecule has 100 valence electrons. The molecular weight excluding hydrogens is 236 g/mol. The van der Waals surface area contributed by atoms with E-state index >= 15 is 0 Å². The number of urea groups is 1. The molecule has 6 heteroatoms. The fourth-order valence-corrected chi connectivity index (χ4v) is 1.96. The summed E-state index contributed by atoms with van der Waals surface area (Å²) >= 11 is 0. The summed E-state index contributed by atoms with van der Waals surface area (Å²) in [6.45, 7) is 1.49. The lowest BCUT2D eigenvalue weighted by atomic mass is 9.88. The van der Waals surface area contributed by atoms with E-state index in [9.17, 15) is 19.2 Å². The molecule has 1 aliphatic heterocycles. The van der Waals surface area contributed by atoms with Gasteiger partial charge in [0.15, 0.2) is 17.3 Å². The van der Waals surface area contributed by atoms with E-state index in [2.05, 4.69) is 0 Å². The van der Waals surface area contributed by atoms with E-state index in [1.807, 2.05) is 6.92 Å². The van der Waals surface area contributed by atoms with Crippen LogP contribution in [0.1, 0.15) is 19.8 Å². The third kappa shape index (κ3) is 2.94. The van der Waals surface area contributed by atoms with Gasteiger partial charge in [0.2, 0.25) is 0 Å². The Morgan fingerprint density at radius 3 is 2.11 bits per heavy atom. The Balaban J connectivity index is 2.78. The number of hydrogen-bond donors (Lipinski definition) is 0. The van der Waals surface area contributed by atoms with Gasteiger partial charge >= 0.3 is 6.03 Å². The van der Waals surface area contributed by atoms with Crippen LogP contribution in [0.15, 0.2) is 0 Å². The van der Waals surface area contributed by atoms with E-state index < -0.39 is 23.5 Å². The van der Waals surface area contributed by atoms with Gasteiger partial charge < -0.3 is 9.80 Å². The smallest absolute Gasteiger partial charge is 0.320 e. The Labute approximate surface area is 106 Å². The van der Waals surface area contributed by atoms with Crippen molar-refractivity contribution in [3.63, 3.8) is 0 Å². The Bertz CT molecular complexity index is 372.